The number of halogens is 1. The Morgan fingerprint density at radius 2 is 1.89 bits per heavy atom. The largest absolute Gasteiger partial charge is 0.496 e. The zero-order valence-electron chi connectivity index (χ0n) is 15.5. The summed E-state index contributed by atoms with van der Waals surface area (Å²) in [7, 11) is 1.66. The predicted molar refractivity (Wildman–Crippen MR) is 105 cm³/mol. The van der Waals surface area contributed by atoms with Crippen LogP contribution in [0.3, 0.4) is 0 Å². The van der Waals surface area contributed by atoms with Crippen LogP contribution in [-0.4, -0.2) is 37.6 Å². The van der Waals surface area contributed by atoms with Gasteiger partial charge in [0.2, 0.25) is 5.91 Å². The van der Waals surface area contributed by atoms with Gasteiger partial charge < -0.3 is 10.1 Å². The zero-order chi connectivity index (χ0) is 19.1. The summed E-state index contributed by atoms with van der Waals surface area (Å²) in [5.74, 6) is 0.244. The molecule has 0 aromatic heterocycles. The van der Waals surface area contributed by atoms with E-state index in [1.807, 2.05) is 24.3 Å². The Kier molecular flexibility index (Phi) is 6.60. The van der Waals surface area contributed by atoms with E-state index in [4.69, 9.17) is 4.74 Å². The Bertz CT molecular complexity index is 800. The molecule has 1 amide bonds. The SMILES string of the molecule is COc1ccccc1C(CNC(=O)/C=C/c1ccccc1F)N1CCCC1. The number of hydrogen-bond acceptors (Lipinski definition) is 3. The van der Waals surface area contributed by atoms with Crippen molar-refractivity contribution >= 4 is 12.0 Å². The van der Waals surface area contributed by atoms with E-state index in [2.05, 4.69) is 10.2 Å². The van der Waals surface area contributed by atoms with Gasteiger partial charge in [0.15, 0.2) is 0 Å². The molecule has 4 nitrogen and oxygen atoms in total. The van der Waals surface area contributed by atoms with Crippen molar-refractivity contribution in [1.29, 1.82) is 0 Å². The van der Waals surface area contributed by atoms with Crippen molar-refractivity contribution in [3.05, 3.63) is 71.6 Å². The monoisotopic (exact) mass is 368 g/mol. The van der Waals surface area contributed by atoms with Crippen LogP contribution in [0.1, 0.15) is 30.0 Å². The first kappa shape index (κ1) is 19.1. The maximum absolute atomic E-state index is 13.7. The maximum atomic E-state index is 13.7. The van der Waals surface area contributed by atoms with E-state index in [9.17, 15) is 9.18 Å². The number of para-hydroxylation sites is 1. The van der Waals surface area contributed by atoms with Gasteiger partial charge in [-0.3, -0.25) is 9.69 Å². The second kappa shape index (κ2) is 9.33. The maximum Gasteiger partial charge on any atom is 0.244 e. The number of benzene rings is 2. The minimum atomic E-state index is -0.342. The lowest BCUT2D eigenvalue weighted by molar-refractivity contribution is -0.116. The summed E-state index contributed by atoms with van der Waals surface area (Å²) in [5, 5.41) is 2.95. The first-order valence-electron chi connectivity index (χ1n) is 9.26. The molecule has 1 aliphatic heterocycles. The number of nitrogens with one attached hydrogen (secondary N) is 1. The van der Waals surface area contributed by atoms with Crippen LogP contribution >= 0.6 is 0 Å². The molecule has 5 heteroatoms. The molecule has 1 unspecified atom stereocenters. The molecule has 1 aliphatic rings. The van der Waals surface area contributed by atoms with Crippen molar-refractivity contribution in [1.82, 2.24) is 10.2 Å². The number of methoxy groups -OCH3 is 1. The molecule has 2 aromatic carbocycles. The van der Waals surface area contributed by atoms with E-state index < -0.39 is 0 Å². The molecule has 0 saturated carbocycles. The number of amides is 1. The molecule has 1 saturated heterocycles. The predicted octanol–water partition coefficient (Wildman–Crippen LogP) is 3.80. The quantitative estimate of drug-likeness (QED) is 0.756. The highest BCUT2D eigenvalue weighted by Gasteiger charge is 2.26. The van der Waals surface area contributed by atoms with Gasteiger partial charge in [0.05, 0.1) is 13.2 Å². The Hall–Kier alpha value is -2.66. The molecule has 0 aliphatic carbocycles. The number of carbonyl (C=O) groups is 1. The summed E-state index contributed by atoms with van der Waals surface area (Å²) in [4.78, 5) is 14.6. The third-order valence-corrected chi connectivity index (χ3v) is 4.87. The Labute approximate surface area is 159 Å². The number of hydrogen-bond donors (Lipinski definition) is 1. The molecule has 0 radical (unpaired) electrons. The summed E-state index contributed by atoms with van der Waals surface area (Å²) < 4.78 is 19.2. The minimum Gasteiger partial charge on any atom is -0.496 e. The van der Waals surface area contributed by atoms with Gasteiger partial charge in [-0.2, -0.15) is 0 Å². The van der Waals surface area contributed by atoms with Gasteiger partial charge in [-0.25, -0.2) is 4.39 Å². The molecule has 1 N–H and O–H groups in total. The fourth-order valence-corrected chi connectivity index (χ4v) is 3.46. The third kappa shape index (κ3) is 4.95. The van der Waals surface area contributed by atoms with Crippen LogP contribution in [0.2, 0.25) is 0 Å². The average molecular weight is 368 g/mol. The van der Waals surface area contributed by atoms with Crippen LogP contribution in [0, 0.1) is 5.82 Å². The highest BCUT2D eigenvalue weighted by Crippen LogP contribution is 2.31. The average Bonchev–Trinajstić information content (AvgIpc) is 3.22. The molecule has 27 heavy (non-hydrogen) atoms. The smallest absolute Gasteiger partial charge is 0.244 e. The molecule has 3 rings (SSSR count). The van der Waals surface area contributed by atoms with Crippen molar-refractivity contribution in [2.24, 2.45) is 0 Å². The van der Waals surface area contributed by atoms with E-state index in [1.54, 1.807) is 25.3 Å². The summed E-state index contributed by atoms with van der Waals surface area (Å²) in [5.41, 5.74) is 1.47. The van der Waals surface area contributed by atoms with Gasteiger partial charge >= 0.3 is 0 Å². The van der Waals surface area contributed by atoms with E-state index in [1.165, 1.54) is 18.2 Å². The summed E-state index contributed by atoms with van der Waals surface area (Å²) in [6.07, 6.45) is 5.19. The van der Waals surface area contributed by atoms with Gasteiger partial charge in [0.25, 0.3) is 0 Å². The molecular weight excluding hydrogens is 343 g/mol. The minimum absolute atomic E-state index is 0.0504. The first-order chi connectivity index (χ1) is 13.2. The fraction of sp³-hybridized carbons (Fsp3) is 0.318. The van der Waals surface area contributed by atoms with Crippen LogP contribution in [0.4, 0.5) is 4.39 Å². The van der Waals surface area contributed by atoms with E-state index >= 15 is 0 Å². The number of likely N-dealkylation sites (tertiary alicyclic amines) is 1. The van der Waals surface area contributed by atoms with Gasteiger partial charge in [0, 0.05) is 23.7 Å². The highest BCUT2D eigenvalue weighted by atomic mass is 19.1. The number of ether oxygens (including phenoxy) is 1. The van der Waals surface area contributed by atoms with Gasteiger partial charge in [-0.15, -0.1) is 0 Å². The van der Waals surface area contributed by atoms with E-state index in [-0.39, 0.29) is 17.8 Å². The zero-order valence-corrected chi connectivity index (χ0v) is 15.5. The van der Waals surface area contributed by atoms with Crippen LogP contribution < -0.4 is 10.1 Å². The Morgan fingerprint density at radius 3 is 2.63 bits per heavy atom. The van der Waals surface area contributed by atoms with Crippen LogP contribution in [0.5, 0.6) is 5.75 Å². The van der Waals surface area contributed by atoms with Gasteiger partial charge in [-0.05, 0) is 44.1 Å². The van der Waals surface area contributed by atoms with Crippen molar-refractivity contribution in [2.75, 3.05) is 26.7 Å². The van der Waals surface area contributed by atoms with Crippen molar-refractivity contribution in [2.45, 2.75) is 18.9 Å². The lowest BCUT2D eigenvalue weighted by Gasteiger charge is -2.29. The number of rotatable bonds is 7. The number of carbonyl (C=O) groups excluding carboxylic acids is 1. The molecule has 1 fully saturated rings. The van der Waals surface area contributed by atoms with Crippen LogP contribution in [0.25, 0.3) is 6.08 Å². The summed E-state index contributed by atoms with van der Waals surface area (Å²) in [6.45, 7) is 2.48. The normalized spacial score (nSPS) is 15.8. The lowest BCUT2D eigenvalue weighted by atomic mass is 10.0. The third-order valence-electron chi connectivity index (χ3n) is 4.87. The standard InChI is InChI=1S/C22H25FN2O2/c1-27-21-11-5-3-9-18(21)20(25-14-6-7-15-25)16-24-22(26)13-12-17-8-2-4-10-19(17)23/h2-5,8-13,20H,6-7,14-16H2,1H3,(H,24,26)/b13-12+. The van der Waals surface area contributed by atoms with E-state index in [0.717, 1.165) is 37.2 Å². The topological polar surface area (TPSA) is 41.6 Å². The van der Waals surface area contributed by atoms with Crippen molar-refractivity contribution < 1.29 is 13.9 Å². The fourth-order valence-electron chi connectivity index (χ4n) is 3.46. The van der Waals surface area contributed by atoms with Crippen LogP contribution in [-0.2, 0) is 4.79 Å². The molecule has 142 valence electrons. The number of nitrogens with zero attached hydrogens (tertiary/aromatic N) is 1. The van der Waals surface area contributed by atoms with Crippen molar-refractivity contribution in [3.8, 4) is 5.75 Å². The highest BCUT2D eigenvalue weighted by molar-refractivity contribution is 5.91. The molecule has 1 heterocycles. The van der Waals surface area contributed by atoms with Crippen LogP contribution in [0.15, 0.2) is 54.6 Å². The Balaban J connectivity index is 1.69. The van der Waals surface area contributed by atoms with Gasteiger partial charge in [0.1, 0.15) is 11.6 Å². The summed E-state index contributed by atoms with van der Waals surface area (Å²) >= 11 is 0. The second-order valence-electron chi connectivity index (χ2n) is 6.60. The molecule has 0 spiro atoms. The summed E-state index contributed by atoms with van der Waals surface area (Å²) in [6, 6.07) is 14.4. The molecule has 2 aromatic rings. The molecule has 1 atom stereocenters. The second-order valence-corrected chi connectivity index (χ2v) is 6.60. The van der Waals surface area contributed by atoms with Crippen molar-refractivity contribution in [3.63, 3.8) is 0 Å². The molecule has 0 bridgehead atoms. The van der Waals surface area contributed by atoms with E-state index in [0.29, 0.717) is 12.1 Å². The first-order valence-corrected chi connectivity index (χ1v) is 9.26. The Morgan fingerprint density at radius 1 is 1.19 bits per heavy atom. The molecular formula is C22H25FN2O2. The lowest BCUT2D eigenvalue weighted by Crippen LogP contribution is -2.36. The van der Waals surface area contributed by atoms with Gasteiger partial charge in [-0.1, -0.05) is 36.4 Å².